The molecule has 132 valence electrons. The Balaban J connectivity index is 1.45. The molecule has 0 unspecified atom stereocenters. The zero-order chi connectivity index (χ0) is 17.5. The molecular weight excluding hydrogens is 314 g/mol. The first kappa shape index (κ1) is 17.3. The Morgan fingerprint density at radius 2 is 1.56 bits per heavy atom. The fourth-order valence-corrected chi connectivity index (χ4v) is 3.12. The number of rotatable bonds is 7. The van der Waals surface area contributed by atoms with Crippen molar-refractivity contribution in [1.29, 1.82) is 0 Å². The van der Waals surface area contributed by atoms with Crippen LogP contribution in [0.25, 0.3) is 0 Å². The number of likely N-dealkylation sites (N-methyl/N-ethyl adjacent to an activating group) is 1. The minimum absolute atomic E-state index is 0.0382. The predicted octanol–water partition coefficient (Wildman–Crippen LogP) is 4.05. The lowest BCUT2D eigenvalue weighted by molar-refractivity contribution is -0.134. The molecule has 1 fully saturated rings. The molecule has 0 aromatic heterocycles. The molecule has 3 rings (SSSR count). The highest BCUT2D eigenvalue weighted by Crippen LogP contribution is 2.23. The molecule has 1 amide bonds. The summed E-state index contributed by atoms with van der Waals surface area (Å²) in [7, 11) is 1.88. The van der Waals surface area contributed by atoms with Gasteiger partial charge in [0.05, 0.1) is 0 Å². The smallest absolute Gasteiger partial charge is 0.260 e. The van der Waals surface area contributed by atoms with Crippen LogP contribution in [-0.2, 0) is 11.4 Å². The number of carbonyl (C=O) groups excluding carboxylic acids is 1. The van der Waals surface area contributed by atoms with Crippen molar-refractivity contribution in [3.8, 4) is 11.5 Å². The van der Waals surface area contributed by atoms with Gasteiger partial charge in [-0.05, 0) is 42.7 Å². The largest absolute Gasteiger partial charge is 0.489 e. The summed E-state index contributed by atoms with van der Waals surface area (Å²) in [4.78, 5) is 14.0. The van der Waals surface area contributed by atoms with Gasteiger partial charge in [0.1, 0.15) is 18.1 Å². The summed E-state index contributed by atoms with van der Waals surface area (Å²) in [6.07, 6.45) is 4.65. The fraction of sp³-hybridized carbons (Fsp3) is 0.381. The van der Waals surface area contributed by atoms with Crippen molar-refractivity contribution in [3.63, 3.8) is 0 Å². The monoisotopic (exact) mass is 339 g/mol. The summed E-state index contributed by atoms with van der Waals surface area (Å²) in [5, 5.41) is 0. The number of nitrogens with zero attached hydrogens (tertiary/aromatic N) is 1. The van der Waals surface area contributed by atoms with E-state index in [0.29, 0.717) is 18.4 Å². The number of amides is 1. The van der Waals surface area contributed by atoms with Gasteiger partial charge in [0, 0.05) is 13.1 Å². The normalized spacial score (nSPS) is 14.3. The number of hydrogen-bond acceptors (Lipinski definition) is 3. The average molecular weight is 339 g/mol. The van der Waals surface area contributed by atoms with Crippen LogP contribution >= 0.6 is 0 Å². The predicted molar refractivity (Wildman–Crippen MR) is 97.7 cm³/mol. The van der Waals surface area contributed by atoms with E-state index in [4.69, 9.17) is 9.47 Å². The molecule has 0 N–H and O–H groups in total. The van der Waals surface area contributed by atoms with E-state index in [0.717, 1.165) is 24.2 Å². The van der Waals surface area contributed by atoms with Crippen LogP contribution in [0.3, 0.4) is 0 Å². The molecule has 1 aliphatic carbocycles. The first-order chi connectivity index (χ1) is 12.2. The van der Waals surface area contributed by atoms with Crippen LogP contribution in [0.1, 0.15) is 31.2 Å². The maximum Gasteiger partial charge on any atom is 0.260 e. The molecule has 0 aliphatic heterocycles. The van der Waals surface area contributed by atoms with Gasteiger partial charge in [-0.2, -0.15) is 0 Å². The number of ether oxygens (including phenoxy) is 2. The van der Waals surface area contributed by atoms with Crippen LogP contribution < -0.4 is 9.47 Å². The molecule has 0 heterocycles. The number of benzene rings is 2. The van der Waals surface area contributed by atoms with E-state index in [1.807, 2.05) is 66.5 Å². The van der Waals surface area contributed by atoms with Gasteiger partial charge in [-0.25, -0.2) is 0 Å². The van der Waals surface area contributed by atoms with Gasteiger partial charge in [-0.3, -0.25) is 4.79 Å². The van der Waals surface area contributed by atoms with Crippen LogP contribution in [0, 0.1) is 0 Å². The van der Waals surface area contributed by atoms with Gasteiger partial charge in [0.15, 0.2) is 6.61 Å². The lowest BCUT2D eigenvalue weighted by atomic mass is 10.2. The number of hydrogen-bond donors (Lipinski definition) is 0. The summed E-state index contributed by atoms with van der Waals surface area (Å²) >= 11 is 0. The molecule has 0 saturated heterocycles. The molecular formula is C21H25NO3. The van der Waals surface area contributed by atoms with E-state index in [1.165, 1.54) is 12.8 Å². The van der Waals surface area contributed by atoms with Gasteiger partial charge < -0.3 is 14.4 Å². The zero-order valence-corrected chi connectivity index (χ0v) is 14.7. The van der Waals surface area contributed by atoms with Crippen LogP contribution in [-0.4, -0.2) is 30.5 Å². The van der Waals surface area contributed by atoms with Gasteiger partial charge in [-0.15, -0.1) is 0 Å². The quantitative estimate of drug-likeness (QED) is 0.764. The molecule has 0 bridgehead atoms. The van der Waals surface area contributed by atoms with E-state index < -0.39 is 0 Å². The molecule has 4 heteroatoms. The lowest BCUT2D eigenvalue weighted by Crippen LogP contribution is -2.38. The minimum atomic E-state index is 0.0382. The highest BCUT2D eigenvalue weighted by molar-refractivity contribution is 5.77. The third-order valence-electron chi connectivity index (χ3n) is 4.70. The Labute approximate surface area is 149 Å². The van der Waals surface area contributed by atoms with Crippen molar-refractivity contribution in [2.75, 3.05) is 13.7 Å². The Bertz CT molecular complexity index is 663. The molecule has 0 atom stereocenters. The number of carbonyl (C=O) groups is 1. The highest BCUT2D eigenvalue weighted by atomic mass is 16.5. The summed E-state index contributed by atoms with van der Waals surface area (Å²) in [6, 6.07) is 17.8. The molecule has 1 aliphatic rings. The van der Waals surface area contributed by atoms with Crippen LogP contribution in [0.5, 0.6) is 11.5 Å². The van der Waals surface area contributed by atoms with Crippen molar-refractivity contribution in [3.05, 3.63) is 60.2 Å². The van der Waals surface area contributed by atoms with E-state index in [1.54, 1.807) is 0 Å². The Kier molecular flexibility index (Phi) is 5.94. The summed E-state index contributed by atoms with van der Waals surface area (Å²) < 4.78 is 11.4. The standard InChI is InChI=1S/C21H25NO3/c1-22(18-9-5-6-10-18)21(23)16-25-20-13-11-19(12-14-20)24-15-17-7-3-2-4-8-17/h2-4,7-8,11-14,18H,5-6,9-10,15-16H2,1H3. The highest BCUT2D eigenvalue weighted by Gasteiger charge is 2.23. The van der Waals surface area contributed by atoms with Crippen molar-refractivity contribution in [2.45, 2.75) is 38.3 Å². The van der Waals surface area contributed by atoms with Crippen molar-refractivity contribution >= 4 is 5.91 Å². The van der Waals surface area contributed by atoms with Crippen LogP contribution in [0.2, 0.25) is 0 Å². The van der Waals surface area contributed by atoms with Crippen molar-refractivity contribution in [1.82, 2.24) is 4.90 Å². The summed E-state index contributed by atoms with van der Waals surface area (Å²) in [5.41, 5.74) is 1.13. The fourth-order valence-electron chi connectivity index (χ4n) is 3.12. The molecule has 0 radical (unpaired) electrons. The zero-order valence-electron chi connectivity index (χ0n) is 14.7. The van der Waals surface area contributed by atoms with Crippen LogP contribution in [0.4, 0.5) is 0 Å². The Morgan fingerprint density at radius 1 is 0.960 bits per heavy atom. The SMILES string of the molecule is CN(C(=O)COc1ccc(OCc2ccccc2)cc1)C1CCCC1. The second kappa shape index (κ2) is 8.56. The maximum absolute atomic E-state index is 12.2. The Morgan fingerprint density at radius 3 is 2.20 bits per heavy atom. The lowest BCUT2D eigenvalue weighted by Gasteiger charge is -2.24. The Hall–Kier alpha value is -2.49. The van der Waals surface area contributed by atoms with E-state index >= 15 is 0 Å². The topological polar surface area (TPSA) is 38.8 Å². The molecule has 2 aromatic carbocycles. The van der Waals surface area contributed by atoms with Gasteiger partial charge in [0.25, 0.3) is 5.91 Å². The minimum Gasteiger partial charge on any atom is -0.489 e. The first-order valence-electron chi connectivity index (χ1n) is 8.87. The average Bonchev–Trinajstić information content (AvgIpc) is 3.20. The maximum atomic E-state index is 12.2. The first-order valence-corrected chi connectivity index (χ1v) is 8.87. The van der Waals surface area contributed by atoms with Gasteiger partial charge in [-0.1, -0.05) is 43.2 Å². The summed E-state index contributed by atoms with van der Waals surface area (Å²) in [5.74, 6) is 1.50. The second-order valence-electron chi connectivity index (χ2n) is 6.48. The summed E-state index contributed by atoms with van der Waals surface area (Å²) in [6.45, 7) is 0.614. The molecule has 25 heavy (non-hydrogen) atoms. The van der Waals surface area contributed by atoms with Crippen molar-refractivity contribution in [2.24, 2.45) is 0 Å². The third-order valence-corrected chi connectivity index (χ3v) is 4.70. The van der Waals surface area contributed by atoms with E-state index in [2.05, 4.69) is 0 Å². The van der Waals surface area contributed by atoms with Gasteiger partial charge in [0.2, 0.25) is 0 Å². The van der Waals surface area contributed by atoms with Gasteiger partial charge >= 0.3 is 0 Å². The van der Waals surface area contributed by atoms with Crippen LogP contribution in [0.15, 0.2) is 54.6 Å². The third kappa shape index (κ3) is 4.99. The molecule has 0 spiro atoms. The molecule has 4 nitrogen and oxygen atoms in total. The van der Waals surface area contributed by atoms with Crippen molar-refractivity contribution < 1.29 is 14.3 Å². The van der Waals surface area contributed by atoms with E-state index in [9.17, 15) is 4.79 Å². The van der Waals surface area contributed by atoms with E-state index in [-0.39, 0.29) is 12.5 Å². The second-order valence-corrected chi connectivity index (χ2v) is 6.48. The molecule has 1 saturated carbocycles. The molecule has 2 aromatic rings.